The number of nitrogens with one attached hydrogen (secondary N) is 2. The topological polar surface area (TPSA) is 61.4 Å². The molecule has 0 aromatic heterocycles. The van der Waals surface area contributed by atoms with Crippen molar-refractivity contribution in [3.8, 4) is 0 Å². The fourth-order valence-corrected chi connectivity index (χ4v) is 4.02. The Labute approximate surface area is 186 Å². The normalized spacial score (nSPS) is 20.9. The van der Waals surface area contributed by atoms with Gasteiger partial charge < -0.3 is 25.0 Å². The fourth-order valence-electron chi connectivity index (χ4n) is 4.02. The average molecular weight is 436 g/mol. The van der Waals surface area contributed by atoms with E-state index in [1.807, 2.05) is 24.0 Å². The number of rotatable bonds is 8. The molecule has 2 N–H and O–H groups in total. The molecule has 1 unspecified atom stereocenters. The molecule has 2 heterocycles. The Bertz CT molecular complexity index is 709. The number of halogens is 1. The third kappa shape index (κ3) is 7.63. The highest BCUT2D eigenvalue weighted by Crippen LogP contribution is 2.22. The molecular formula is C23H38FN5O2. The summed E-state index contributed by atoms with van der Waals surface area (Å²) in [5, 5.41) is 6.65. The minimum absolute atomic E-state index is 0.140. The molecule has 31 heavy (non-hydrogen) atoms. The number of hydrogen-bond donors (Lipinski definition) is 2. The summed E-state index contributed by atoms with van der Waals surface area (Å²) in [6.07, 6.45) is 0.140. The van der Waals surface area contributed by atoms with Crippen molar-refractivity contribution >= 4 is 11.6 Å². The molecule has 2 saturated heterocycles. The lowest BCUT2D eigenvalue weighted by Crippen LogP contribution is -2.50. The minimum Gasteiger partial charge on any atom is -0.378 e. The molecule has 1 atom stereocenters. The van der Waals surface area contributed by atoms with Gasteiger partial charge in [0.2, 0.25) is 0 Å². The molecule has 0 radical (unpaired) electrons. The van der Waals surface area contributed by atoms with Crippen molar-refractivity contribution in [3.63, 3.8) is 0 Å². The highest BCUT2D eigenvalue weighted by Gasteiger charge is 2.21. The van der Waals surface area contributed by atoms with E-state index in [0.29, 0.717) is 37.9 Å². The van der Waals surface area contributed by atoms with Gasteiger partial charge in [0.1, 0.15) is 5.82 Å². The van der Waals surface area contributed by atoms with E-state index in [0.717, 1.165) is 57.4 Å². The first kappa shape index (κ1) is 23.8. The summed E-state index contributed by atoms with van der Waals surface area (Å²) in [6.45, 7) is 14.9. The number of guanidine groups is 1. The van der Waals surface area contributed by atoms with Crippen LogP contribution in [-0.4, -0.2) is 82.6 Å². The number of anilines is 1. The van der Waals surface area contributed by atoms with Crippen LogP contribution in [0.3, 0.4) is 0 Å². The van der Waals surface area contributed by atoms with Gasteiger partial charge in [-0.2, -0.15) is 0 Å². The number of nitrogens with zero attached hydrogens (tertiary/aromatic N) is 3. The molecule has 2 fully saturated rings. The van der Waals surface area contributed by atoms with Crippen LogP contribution in [0.15, 0.2) is 23.2 Å². The zero-order chi connectivity index (χ0) is 22.1. The lowest BCUT2D eigenvalue weighted by atomic mass is 10.1. The van der Waals surface area contributed by atoms with Crippen LogP contribution in [0.4, 0.5) is 10.1 Å². The maximum atomic E-state index is 14.6. The Balaban J connectivity index is 1.53. The number of hydrogen-bond acceptors (Lipinski definition) is 5. The fraction of sp³-hybridized carbons (Fsp3) is 0.696. The summed E-state index contributed by atoms with van der Waals surface area (Å²) in [7, 11) is 0. The smallest absolute Gasteiger partial charge is 0.191 e. The summed E-state index contributed by atoms with van der Waals surface area (Å²) >= 11 is 0. The van der Waals surface area contributed by atoms with Gasteiger partial charge in [0.15, 0.2) is 5.96 Å². The summed E-state index contributed by atoms with van der Waals surface area (Å²) in [4.78, 5) is 9.14. The second-order valence-corrected chi connectivity index (χ2v) is 8.61. The molecule has 0 bridgehead atoms. The first-order valence-electron chi connectivity index (χ1n) is 11.5. The molecule has 0 amide bonds. The lowest BCUT2D eigenvalue weighted by Gasteiger charge is -2.34. The average Bonchev–Trinajstić information content (AvgIpc) is 2.76. The van der Waals surface area contributed by atoms with Crippen LogP contribution < -0.4 is 15.5 Å². The Kier molecular flexibility index (Phi) is 9.36. The van der Waals surface area contributed by atoms with E-state index in [1.54, 1.807) is 6.07 Å². The monoisotopic (exact) mass is 435 g/mol. The molecule has 8 heteroatoms. The summed E-state index contributed by atoms with van der Waals surface area (Å²) in [5.74, 6) is 1.18. The zero-order valence-corrected chi connectivity index (χ0v) is 19.2. The molecule has 0 saturated carbocycles. The van der Waals surface area contributed by atoms with Crippen LogP contribution >= 0.6 is 0 Å². The van der Waals surface area contributed by atoms with Crippen molar-refractivity contribution in [1.29, 1.82) is 0 Å². The van der Waals surface area contributed by atoms with E-state index in [4.69, 9.17) is 9.47 Å². The SMILES string of the molecule is CCNC(=NCc1ccc(N2CCOCC2)c(F)c1)NCC1CN(CC(C)C)CCO1. The van der Waals surface area contributed by atoms with Gasteiger partial charge >= 0.3 is 0 Å². The van der Waals surface area contributed by atoms with Crippen molar-refractivity contribution < 1.29 is 13.9 Å². The molecule has 0 spiro atoms. The highest BCUT2D eigenvalue weighted by molar-refractivity contribution is 5.79. The molecule has 0 aliphatic carbocycles. The Morgan fingerprint density at radius 3 is 2.71 bits per heavy atom. The summed E-state index contributed by atoms with van der Waals surface area (Å²) in [6, 6.07) is 5.39. The predicted octanol–water partition coefficient (Wildman–Crippen LogP) is 2.07. The molecule has 174 valence electrons. The molecular weight excluding hydrogens is 397 g/mol. The van der Waals surface area contributed by atoms with Crippen molar-refractivity contribution in [2.75, 3.05) is 70.5 Å². The Morgan fingerprint density at radius 1 is 1.19 bits per heavy atom. The molecule has 2 aliphatic heterocycles. The quantitative estimate of drug-likeness (QED) is 0.482. The first-order chi connectivity index (χ1) is 15.0. The van der Waals surface area contributed by atoms with Gasteiger partial charge in [-0.15, -0.1) is 0 Å². The Morgan fingerprint density at radius 2 is 2.00 bits per heavy atom. The minimum atomic E-state index is -0.201. The van der Waals surface area contributed by atoms with Crippen LogP contribution in [0.25, 0.3) is 0 Å². The first-order valence-corrected chi connectivity index (χ1v) is 11.5. The zero-order valence-electron chi connectivity index (χ0n) is 19.2. The molecule has 2 aliphatic rings. The van der Waals surface area contributed by atoms with Crippen LogP contribution in [-0.2, 0) is 16.0 Å². The van der Waals surface area contributed by atoms with Gasteiger partial charge in [-0.3, -0.25) is 4.90 Å². The van der Waals surface area contributed by atoms with E-state index in [-0.39, 0.29) is 11.9 Å². The number of benzene rings is 1. The van der Waals surface area contributed by atoms with Gasteiger partial charge in [0.25, 0.3) is 0 Å². The van der Waals surface area contributed by atoms with Crippen molar-refractivity contribution in [2.45, 2.75) is 33.4 Å². The molecule has 3 rings (SSSR count). The number of aliphatic imine (C=N–C) groups is 1. The van der Waals surface area contributed by atoms with Gasteiger partial charge in [0, 0.05) is 45.8 Å². The van der Waals surface area contributed by atoms with Crippen molar-refractivity contribution in [1.82, 2.24) is 15.5 Å². The van der Waals surface area contributed by atoms with Crippen molar-refractivity contribution in [3.05, 3.63) is 29.6 Å². The van der Waals surface area contributed by atoms with E-state index < -0.39 is 0 Å². The maximum absolute atomic E-state index is 14.6. The van der Waals surface area contributed by atoms with Gasteiger partial charge in [0.05, 0.1) is 38.2 Å². The molecule has 1 aromatic rings. The van der Waals surface area contributed by atoms with E-state index in [1.165, 1.54) is 0 Å². The van der Waals surface area contributed by atoms with Crippen LogP contribution in [0.1, 0.15) is 26.3 Å². The lowest BCUT2D eigenvalue weighted by molar-refractivity contribution is -0.0284. The summed E-state index contributed by atoms with van der Waals surface area (Å²) < 4.78 is 25.9. The van der Waals surface area contributed by atoms with E-state index in [9.17, 15) is 4.39 Å². The number of ether oxygens (including phenoxy) is 2. The van der Waals surface area contributed by atoms with Crippen LogP contribution in [0.2, 0.25) is 0 Å². The van der Waals surface area contributed by atoms with Gasteiger partial charge in [-0.25, -0.2) is 9.38 Å². The predicted molar refractivity (Wildman–Crippen MR) is 123 cm³/mol. The third-order valence-electron chi connectivity index (χ3n) is 5.47. The summed E-state index contributed by atoms with van der Waals surface area (Å²) in [5.41, 5.74) is 1.49. The largest absolute Gasteiger partial charge is 0.378 e. The van der Waals surface area contributed by atoms with E-state index >= 15 is 0 Å². The second-order valence-electron chi connectivity index (χ2n) is 8.61. The van der Waals surface area contributed by atoms with E-state index in [2.05, 4.69) is 34.4 Å². The Hall–Kier alpha value is -1.90. The standard InChI is InChI=1S/C23H38FN5O2/c1-4-25-23(27-15-20-17-28(7-12-31-20)16-18(2)3)26-14-19-5-6-22(21(24)13-19)29-8-10-30-11-9-29/h5-6,13,18,20H,4,7-12,14-17H2,1-3H3,(H2,25,26,27). The second kappa shape index (κ2) is 12.2. The molecule has 1 aromatic carbocycles. The van der Waals surface area contributed by atoms with Crippen molar-refractivity contribution in [2.24, 2.45) is 10.9 Å². The van der Waals surface area contributed by atoms with Gasteiger partial charge in [-0.05, 0) is 30.5 Å². The molecule has 7 nitrogen and oxygen atoms in total. The maximum Gasteiger partial charge on any atom is 0.191 e. The number of morpholine rings is 2. The van der Waals surface area contributed by atoms with Crippen LogP contribution in [0, 0.1) is 11.7 Å². The third-order valence-corrected chi connectivity index (χ3v) is 5.47. The highest BCUT2D eigenvalue weighted by atomic mass is 19.1. The van der Waals surface area contributed by atoms with Crippen LogP contribution in [0.5, 0.6) is 0 Å². The van der Waals surface area contributed by atoms with Gasteiger partial charge in [-0.1, -0.05) is 19.9 Å².